The molecular formula is C22H23ClN6O3. The summed E-state index contributed by atoms with van der Waals surface area (Å²) in [4.78, 5) is 31.0. The summed E-state index contributed by atoms with van der Waals surface area (Å²) in [5, 5.41) is 7.68. The van der Waals surface area contributed by atoms with Crippen LogP contribution < -0.4 is 15.8 Å². The van der Waals surface area contributed by atoms with E-state index in [4.69, 9.17) is 22.1 Å². The van der Waals surface area contributed by atoms with Gasteiger partial charge < -0.3 is 20.7 Å². The Morgan fingerprint density at radius 3 is 2.78 bits per heavy atom. The molecule has 1 saturated heterocycles. The molecule has 3 aromatic rings. The van der Waals surface area contributed by atoms with Gasteiger partial charge in [-0.15, -0.1) is 0 Å². The second-order valence-electron chi connectivity index (χ2n) is 7.74. The lowest BCUT2D eigenvalue weighted by Crippen LogP contribution is -2.39. The molecule has 0 unspecified atom stereocenters. The minimum Gasteiger partial charge on any atom is -0.410 e. The van der Waals surface area contributed by atoms with E-state index in [2.05, 4.69) is 15.4 Å². The summed E-state index contributed by atoms with van der Waals surface area (Å²) in [6.07, 6.45) is 5.27. The first kappa shape index (κ1) is 21.6. The zero-order chi connectivity index (χ0) is 22.8. The van der Waals surface area contributed by atoms with Gasteiger partial charge in [0.2, 0.25) is 0 Å². The lowest BCUT2D eigenvalue weighted by atomic mass is 10.1. The Morgan fingerprint density at radius 2 is 2.06 bits per heavy atom. The van der Waals surface area contributed by atoms with Crippen LogP contribution in [0.2, 0.25) is 5.02 Å². The molecule has 1 fully saturated rings. The topological polar surface area (TPSA) is 115 Å². The van der Waals surface area contributed by atoms with Crippen LogP contribution in [-0.2, 0) is 7.05 Å². The van der Waals surface area contributed by atoms with Crippen LogP contribution in [0.25, 0.3) is 11.1 Å². The van der Waals surface area contributed by atoms with E-state index in [0.717, 1.165) is 16.7 Å². The summed E-state index contributed by atoms with van der Waals surface area (Å²) >= 11 is 6.01. The van der Waals surface area contributed by atoms with Crippen LogP contribution in [0, 0.1) is 6.92 Å². The van der Waals surface area contributed by atoms with Crippen molar-refractivity contribution >= 4 is 29.4 Å². The van der Waals surface area contributed by atoms with Crippen molar-refractivity contribution in [2.75, 3.05) is 18.8 Å². The number of carbonyl (C=O) groups is 2. The monoisotopic (exact) mass is 454 g/mol. The minimum absolute atomic E-state index is 0.141. The van der Waals surface area contributed by atoms with Crippen LogP contribution in [0.1, 0.15) is 22.3 Å². The predicted molar refractivity (Wildman–Crippen MR) is 121 cm³/mol. The number of hydrogen-bond donors (Lipinski definition) is 2. The quantitative estimate of drug-likeness (QED) is 0.626. The summed E-state index contributed by atoms with van der Waals surface area (Å²) in [5.41, 5.74) is 8.63. The van der Waals surface area contributed by atoms with Gasteiger partial charge in [-0.05, 0) is 43.2 Å². The fraction of sp³-hybridized carbons (Fsp3) is 0.273. The molecule has 0 spiro atoms. The SMILES string of the molecule is Cc1cc(OC(=O)N2CC[C@@H](NC(=O)c3cc(-c4cnn(C)c4)cnc3N)C2)ccc1Cl. The highest BCUT2D eigenvalue weighted by Gasteiger charge is 2.29. The van der Waals surface area contributed by atoms with E-state index in [9.17, 15) is 9.59 Å². The number of nitrogens with one attached hydrogen (secondary N) is 1. The first-order valence-corrected chi connectivity index (χ1v) is 10.5. The number of anilines is 1. The summed E-state index contributed by atoms with van der Waals surface area (Å²) in [6, 6.07) is 6.51. The molecule has 166 valence electrons. The van der Waals surface area contributed by atoms with Crippen LogP contribution in [0.3, 0.4) is 0 Å². The van der Waals surface area contributed by atoms with E-state index in [-0.39, 0.29) is 23.3 Å². The number of amides is 2. The number of ether oxygens (including phenoxy) is 1. The van der Waals surface area contributed by atoms with E-state index in [1.807, 2.05) is 20.2 Å². The van der Waals surface area contributed by atoms with Gasteiger partial charge in [0, 0.05) is 54.7 Å². The Labute approximate surface area is 190 Å². The van der Waals surface area contributed by atoms with Crippen molar-refractivity contribution in [3.8, 4) is 16.9 Å². The lowest BCUT2D eigenvalue weighted by Gasteiger charge is -2.17. The Hall–Kier alpha value is -3.59. The number of hydrogen-bond acceptors (Lipinski definition) is 6. The Morgan fingerprint density at radius 1 is 1.25 bits per heavy atom. The smallest absolute Gasteiger partial charge is 0.410 e. The maximum Gasteiger partial charge on any atom is 0.415 e. The Balaban J connectivity index is 1.38. The number of halogens is 1. The van der Waals surface area contributed by atoms with E-state index >= 15 is 0 Å². The molecule has 1 atom stereocenters. The van der Waals surface area contributed by atoms with Crippen molar-refractivity contribution in [2.45, 2.75) is 19.4 Å². The number of nitrogens with zero attached hydrogens (tertiary/aromatic N) is 4. The van der Waals surface area contributed by atoms with Crippen LogP contribution in [0.4, 0.5) is 10.6 Å². The zero-order valence-corrected chi connectivity index (χ0v) is 18.5. The van der Waals surface area contributed by atoms with E-state index in [0.29, 0.717) is 30.3 Å². The molecule has 2 aromatic heterocycles. The molecule has 9 nitrogen and oxygen atoms in total. The molecular weight excluding hydrogens is 432 g/mol. The second-order valence-corrected chi connectivity index (χ2v) is 8.15. The number of likely N-dealkylation sites (tertiary alicyclic amines) is 1. The number of aryl methyl sites for hydroxylation is 2. The summed E-state index contributed by atoms with van der Waals surface area (Å²) in [7, 11) is 1.81. The Bertz CT molecular complexity index is 1180. The van der Waals surface area contributed by atoms with Crippen LogP contribution in [0.15, 0.2) is 42.9 Å². The number of benzene rings is 1. The van der Waals surface area contributed by atoms with Crippen molar-refractivity contribution in [1.29, 1.82) is 0 Å². The number of nitrogen functional groups attached to an aromatic ring is 1. The first-order valence-electron chi connectivity index (χ1n) is 10.1. The molecule has 0 aliphatic carbocycles. The fourth-order valence-corrected chi connectivity index (χ4v) is 3.66. The average molecular weight is 455 g/mol. The lowest BCUT2D eigenvalue weighted by molar-refractivity contribution is 0.0937. The molecule has 4 rings (SSSR count). The van der Waals surface area contributed by atoms with Gasteiger partial charge in [-0.3, -0.25) is 9.48 Å². The van der Waals surface area contributed by atoms with Crippen molar-refractivity contribution < 1.29 is 14.3 Å². The predicted octanol–water partition coefficient (Wildman–Crippen LogP) is 3.03. The number of carbonyl (C=O) groups excluding carboxylic acids is 2. The molecule has 1 aliphatic rings. The van der Waals surface area contributed by atoms with Gasteiger partial charge in [0.1, 0.15) is 11.6 Å². The minimum atomic E-state index is -0.469. The van der Waals surface area contributed by atoms with Crippen molar-refractivity contribution in [1.82, 2.24) is 25.0 Å². The van der Waals surface area contributed by atoms with Crippen LogP contribution >= 0.6 is 11.6 Å². The van der Waals surface area contributed by atoms with Gasteiger partial charge in [0.05, 0.1) is 11.8 Å². The molecule has 0 saturated carbocycles. The highest BCUT2D eigenvalue weighted by Crippen LogP contribution is 2.23. The average Bonchev–Trinajstić information content (AvgIpc) is 3.40. The highest BCUT2D eigenvalue weighted by molar-refractivity contribution is 6.31. The van der Waals surface area contributed by atoms with Gasteiger partial charge in [0.25, 0.3) is 5.91 Å². The molecule has 0 radical (unpaired) electrons. The van der Waals surface area contributed by atoms with Crippen molar-refractivity contribution in [3.63, 3.8) is 0 Å². The summed E-state index contributed by atoms with van der Waals surface area (Å²) < 4.78 is 7.11. The molecule has 3 N–H and O–H groups in total. The van der Waals surface area contributed by atoms with Crippen LogP contribution in [-0.4, -0.2) is 50.8 Å². The number of pyridine rings is 1. The van der Waals surface area contributed by atoms with Crippen molar-refractivity contribution in [2.24, 2.45) is 7.05 Å². The first-order chi connectivity index (χ1) is 15.3. The highest BCUT2D eigenvalue weighted by atomic mass is 35.5. The summed E-state index contributed by atoms with van der Waals surface area (Å²) in [5.74, 6) is 0.229. The third-order valence-electron chi connectivity index (χ3n) is 5.32. The van der Waals surface area contributed by atoms with E-state index in [1.165, 1.54) is 0 Å². The number of rotatable bonds is 4. The molecule has 32 heavy (non-hydrogen) atoms. The largest absolute Gasteiger partial charge is 0.415 e. The van der Waals surface area contributed by atoms with Gasteiger partial charge in [-0.25, -0.2) is 9.78 Å². The maximum absolute atomic E-state index is 12.8. The Kier molecular flexibility index (Phi) is 6.00. The molecule has 3 heterocycles. The molecule has 10 heteroatoms. The van der Waals surface area contributed by atoms with Gasteiger partial charge in [-0.1, -0.05) is 11.6 Å². The van der Waals surface area contributed by atoms with E-state index in [1.54, 1.807) is 46.2 Å². The zero-order valence-electron chi connectivity index (χ0n) is 17.7. The van der Waals surface area contributed by atoms with Gasteiger partial charge in [0.15, 0.2) is 0 Å². The standard InChI is InChI=1S/C22H23ClN6O3/c1-13-7-17(3-4-19(13)23)32-22(31)29-6-5-16(12-29)27-21(30)18-8-14(9-25-20(18)24)15-10-26-28(2)11-15/h3-4,7-11,16H,5-6,12H2,1-2H3,(H2,24,25)(H,27,30)/t16-/m1/s1. The molecule has 0 bridgehead atoms. The number of nitrogens with two attached hydrogens (primary N) is 1. The fourth-order valence-electron chi connectivity index (χ4n) is 3.54. The molecule has 1 aliphatic heterocycles. The maximum atomic E-state index is 12.8. The number of aromatic nitrogens is 3. The normalized spacial score (nSPS) is 15.6. The third kappa shape index (κ3) is 4.67. The molecule has 1 aromatic carbocycles. The summed E-state index contributed by atoms with van der Waals surface area (Å²) in [6.45, 7) is 2.65. The van der Waals surface area contributed by atoms with Crippen molar-refractivity contribution in [3.05, 3.63) is 59.0 Å². The second kappa shape index (κ2) is 8.88. The molecule has 2 amide bonds. The van der Waals surface area contributed by atoms with Crippen LogP contribution in [0.5, 0.6) is 5.75 Å². The van der Waals surface area contributed by atoms with Gasteiger partial charge >= 0.3 is 6.09 Å². The van der Waals surface area contributed by atoms with E-state index < -0.39 is 6.09 Å². The van der Waals surface area contributed by atoms with Gasteiger partial charge in [-0.2, -0.15) is 5.10 Å². The third-order valence-corrected chi connectivity index (χ3v) is 5.74.